The molecule has 30 heavy (non-hydrogen) atoms. The van der Waals surface area contributed by atoms with E-state index in [-0.39, 0.29) is 22.3 Å². The Bertz CT molecular complexity index is 1200. The van der Waals surface area contributed by atoms with Crippen molar-refractivity contribution in [2.75, 3.05) is 6.61 Å². The van der Waals surface area contributed by atoms with Crippen molar-refractivity contribution in [1.29, 1.82) is 0 Å². The SMILES string of the molecule is O=c1c2c(O)cc(O)cc2oc2cc(O)c([C@@H]3O[C@H](CO)[C@@H](O)[C@H](O)[C@H]3O)c(O)c12. The van der Waals surface area contributed by atoms with Crippen LogP contribution in [0.25, 0.3) is 21.9 Å². The first kappa shape index (κ1) is 20.2. The van der Waals surface area contributed by atoms with Crippen molar-refractivity contribution in [3.8, 4) is 23.0 Å². The molecule has 8 N–H and O–H groups in total. The molecule has 1 saturated heterocycles. The summed E-state index contributed by atoms with van der Waals surface area (Å²) in [7, 11) is 0. The topological polar surface area (TPSA) is 201 Å². The highest BCUT2D eigenvalue weighted by Gasteiger charge is 2.46. The summed E-state index contributed by atoms with van der Waals surface area (Å²) in [6.45, 7) is -0.735. The maximum Gasteiger partial charge on any atom is 0.208 e. The van der Waals surface area contributed by atoms with Crippen LogP contribution >= 0.6 is 0 Å². The van der Waals surface area contributed by atoms with Crippen LogP contribution in [0, 0.1) is 0 Å². The molecule has 0 unspecified atom stereocenters. The Morgan fingerprint density at radius 2 is 1.50 bits per heavy atom. The minimum atomic E-state index is -1.82. The zero-order chi connectivity index (χ0) is 21.9. The number of benzene rings is 2. The van der Waals surface area contributed by atoms with Gasteiger partial charge in [-0.15, -0.1) is 0 Å². The lowest BCUT2D eigenvalue weighted by Gasteiger charge is -2.40. The van der Waals surface area contributed by atoms with Crippen LogP contribution in [0.5, 0.6) is 23.0 Å². The van der Waals surface area contributed by atoms with Crippen molar-refractivity contribution in [3.63, 3.8) is 0 Å². The number of aliphatic hydroxyl groups is 4. The van der Waals surface area contributed by atoms with Crippen molar-refractivity contribution in [2.24, 2.45) is 0 Å². The molecule has 0 radical (unpaired) electrons. The van der Waals surface area contributed by atoms with Crippen LogP contribution in [0.15, 0.2) is 27.4 Å². The number of hydrogen-bond acceptors (Lipinski definition) is 11. The number of phenols is 4. The molecule has 11 heteroatoms. The first-order valence-electron chi connectivity index (χ1n) is 8.83. The summed E-state index contributed by atoms with van der Waals surface area (Å²) in [6, 6.07) is 2.92. The van der Waals surface area contributed by atoms with E-state index in [9.17, 15) is 45.6 Å². The van der Waals surface area contributed by atoms with Gasteiger partial charge in [0.2, 0.25) is 5.43 Å². The highest BCUT2D eigenvalue weighted by Crippen LogP contribution is 2.45. The van der Waals surface area contributed by atoms with E-state index >= 15 is 0 Å². The van der Waals surface area contributed by atoms with Crippen LogP contribution in [-0.2, 0) is 4.74 Å². The van der Waals surface area contributed by atoms with Gasteiger partial charge in [-0.2, -0.15) is 0 Å². The Hall–Kier alpha value is -3.09. The number of phenolic OH excluding ortho intramolecular Hbond substituents is 4. The highest BCUT2D eigenvalue weighted by molar-refractivity contribution is 5.97. The molecule has 2 aromatic carbocycles. The van der Waals surface area contributed by atoms with Crippen LogP contribution in [0.3, 0.4) is 0 Å². The van der Waals surface area contributed by atoms with Crippen LogP contribution < -0.4 is 5.43 Å². The van der Waals surface area contributed by atoms with Gasteiger partial charge in [0.1, 0.15) is 75.5 Å². The Morgan fingerprint density at radius 1 is 0.833 bits per heavy atom. The van der Waals surface area contributed by atoms with E-state index in [0.717, 1.165) is 18.2 Å². The van der Waals surface area contributed by atoms with E-state index in [4.69, 9.17) is 9.15 Å². The third-order valence-electron chi connectivity index (χ3n) is 5.20. The molecule has 160 valence electrons. The van der Waals surface area contributed by atoms with Gasteiger partial charge in [0.15, 0.2) is 0 Å². The smallest absolute Gasteiger partial charge is 0.208 e. The average Bonchev–Trinajstić information content (AvgIpc) is 2.66. The van der Waals surface area contributed by atoms with E-state index in [1.807, 2.05) is 0 Å². The second kappa shape index (κ2) is 7.00. The standard InChI is InChI=1S/C19H18O11/c20-4-10-14(24)17(27)18(28)19(30-10)12-7(23)3-9-13(16(12)26)15(25)11-6(22)1-5(21)2-8(11)29-9/h1-3,10,14,17-24,26-28H,4H2/t10-,14-,17+,18-,19+/m1/s1. The molecule has 4 rings (SSSR count). The summed E-state index contributed by atoms with van der Waals surface area (Å²) in [6.07, 6.45) is -8.20. The number of ether oxygens (including phenoxy) is 1. The Balaban J connectivity index is 1.99. The number of rotatable bonds is 2. The third-order valence-corrected chi connectivity index (χ3v) is 5.20. The molecule has 0 saturated carbocycles. The lowest BCUT2D eigenvalue weighted by Crippen LogP contribution is -2.55. The van der Waals surface area contributed by atoms with Crippen LogP contribution in [0.1, 0.15) is 11.7 Å². The van der Waals surface area contributed by atoms with Gasteiger partial charge in [0, 0.05) is 18.2 Å². The van der Waals surface area contributed by atoms with Gasteiger partial charge in [0.25, 0.3) is 0 Å². The third kappa shape index (κ3) is 2.83. The predicted octanol–water partition coefficient (Wildman–Crippen LogP) is -0.717. The first-order valence-corrected chi connectivity index (χ1v) is 8.83. The minimum Gasteiger partial charge on any atom is -0.508 e. The molecule has 0 spiro atoms. The van der Waals surface area contributed by atoms with Crippen LogP contribution in [0.4, 0.5) is 0 Å². The fourth-order valence-corrected chi connectivity index (χ4v) is 3.71. The summed E-state index contributed by atoms with van der Waals surface area (Å²) < 4.78 is 10.8. The minimum absolute atomic E-state index is 0.204. The Kier molecular flexibility index (Phi) is 4.71. The zero-order valence-corrected chi connectivity index (χ0v) is 15.1. The Morgan fingerprint density at radius 3 is 2.17 bits per heavy atom. The number of aromatic hydroxyl groups is 4. The lowest BCUT2D eigenvalue weighted by molar-refractivity contribution is -0.232. The molecule has 1 fully saturated rings. The fourth-order valence-electron chi connectivity index (χ4n) is 3.71. The van der Waals surface area contributed by atoms with E-state index < -0.39 is 70.8 Å². The van der Waals surface area contributed by atoms with Crippen molar-refractivity contribution >= 4 is 21.9 Å². The summed E-state index contributed by atoms with van der Waals surface area (Å²) in [5.74, 6) is -2.51. The number of hydrogen-bond donors (Lipinski definition) is 8. The summed E-state index contributed by atoms with van der Waals surface area (Å²) >= 11 is 0. The van der Waals surface area contributed by atoms with E-state index in [2.05, 4.69) is 0 Å². The van der Waals surface area contributed by atoms with Gasteiger partial charge in [-0.3, -0.25) is 4.79 Å². The second-order valence-electron chi connectivity index (χ2n) is 7.05. The monoisotopic (exact) mass is 422 g/mol. The lowest BCUT2D eigenvalue weighted by atomic mass is 9.89. The molecule has 11 nitrogen and oxygen atoms in total. The van der Waals surface area contributed by atoms with Crippen LogP contribution in [-0.4, -0.2) is 71.9 Å². The normalized spacial score (nSPS) is 27.0. The summed E-state index contributed by atoms with van der Waals surface area (Å²) in [5.41, 5.74) is -1.87. The molecule has 5 atom stereocenters. The predicted molar refractivity (Wildman–Crippen MR) is 99.4 cm³/mol. The maximum absolute atomic E-state index is 12.9. The molecule has 0 aliphatic carbocycles. The second-order valence-corrected chi connectivity index (χ2v) is 7.05. The van der Waals surface area contributed by atoms with Crippen LogP contribution in [0.2, 0.25) is 0 Å². The molecule has 1 aromatic heterocycles. The van der Waals surface area contributed by atoms with Gasteiger partial charge < -0.3 is 50.0 Å². The average molecular weight is 422 g/mol. The van der Waals surface area contributed by atoms with Gasteiger partial charge >= 0.3 is 0 Å². The van der Waals surface area contributed by atoms with Crippen molar-refractivity contribution in [3.05, 3.63) is 34.0 Å². The molecule has 1 aliphatic rings. The number of aliphatic hydroxyl groups excluding tert-OH is 4. The molecular formula is C19H18O11. The van der Waals surface area contributed by atoms with Crippen molar-refractivity contribution in [2.45, 2.75) is 30.5 Å². The fraction of sp³-hybridized carbons (Fsp3) is 0.316. The highest BCUT2D eigenvalue weighted by atomic mass is 16.5. The van der Waals surface area contributed by atoms with Gasteiger partial charge in [-0.05, 0) is 0 Å². The van der Waals surface area contributed by atoms with Gasteiger partial charge in [0.05, 0.1) is 12.2 Å². The van der Waals surface area contributed by atoms with Gasteiger partial charge in [-0.1, -0.05) is 0 Å². The molecule has 2 heterocycles. The maximum atomic E-state index is 12.9. The largest absolute Gasteiger partial charge is 0.508 e. The number of fused-ring (bicyclic) bond motifs is 2. The van der Waals surface area contributed by atoms with Crippen molar-refractivity contribution in [1.82, 2.24) is 0 Å². The zero-order valence-electron chi connectivity index (χ0n) is 15.1. The van der Waals surface area contributed by atoms with E-state index in [0.29, 0.717) is 0 Å². The van der Waals surface area contributed by atoms with E-state index in [1.165, 1.54) is 0 Å². The quantitative estimate of drug-likeness (QED) is 0.242. The molecule has 0 bridgehead atoms. The van der Waals surface area contributed by atoms with Gasteiger partial charge in [-0.25, -0.2) is 0 Å². The van der Waals surface area contributed by atoms with Crippen molar-refractivity contribution < 1.29 is 50.0 Å². The van der Waals surface area contributed by atoms with E-state index in [1.54, 1.807) is 0 Å². The molecule has 0 amide bonds. The molecule has 1 aliphatic heterocycles. The molecule has 3 aromatic rings. The molecular weight excluding hydrogens is 404 g/mol. The Labute approximate surface area is 166 Å². The first-order chi connectivity index (χ1) is 14.1. The summed E-state index contributed by atoms with van der Waals surface area (Å²) in [4.78, 5) is 12.9. The summed E-state index contributed by atoms with van der Waals surface area (Å²) in [5, 5.41) is 79.5.